The molecule has 0 saturated carbocycles. The zero-order chi connectivity index (χ0) is 13.7. The first-order valence-corrected chi connectivity index (χ1v) is 6.01. The molecule has 0 aliphatic carbocycles. The van der Waals surface area contributed by atoms with Crippen LogP contribution in [0.1, 0.15) is 27.1 Å². The van der Waals surface area contributed by atoms with Gasteiger partial charge in [-0.25, -0.2) is 4.79 Å². The first kappa shape index (κ1) is 13.5. The Kier molecular flexibility index (Phi) is 4.48. The summed E-state index contributed by atoms with van der Waals surface area (Å²) in [7, 11) is 0. The van der Waals surface area contributed by atoms with E-state index in [9.17, 15) is 9.59 Å². The highest BCUT2D eigenvalue weighted by Crippen LogP contribution is 2.07. The van der Waals surface area contributed by atoms with Crippen molar-refractivity contribution in [3.05, 3.63) is 35.4 Å². The van der Waals surface area contributed by atoms with Crippen molar-refractivity contribution in [2.24, 2.45) is 0 Å². The highest BCUT2D eigenvalue weighted by atomic mass is 16.7. The molecule has 1 aromatic rings. The molecular formula is C13H15NO5. The number of carboxylic acid groups (broad SMARTS) is 1. The third kappa shape index (κ3) is 3.77. The van der Waals surface area contributed by atoms with Crippen LogP contribution >= 0.6 is 0 Å². The molecule has 0 aromatic heterocycles. The van der Waals surface area contributed by atoms with E-state index in [1.54, 1.807) is 0 Å². The van der Waals surface area contributed by atoms with E-state index in [4.69, 9.17) is 14.6 Å². The number of aromatic carboxylic acids is 1. The monoisotopic (exact) mass is 265 g/mol. The minimum Gasteiger partial charge on any atom is -0.478 e. The van der Waals surface area contributed by atoms with Gasteiger partial charge >= 0.3 is 5.97 Å². The molecule has 0 unspecified atom stereocenters. The molecule has 0 bridgehead atoms. The Balaban J connectivity index is 1.80. The van der Waals surface area contributed by atoms with Crippen molar-refractivity contribution >= 4 is 11.9 Å². The Morgan fingerprint density at radius 3 is 2.32 bits per heavy atom. The molecule has 2 N–H and O–H groups in total. The molecule has 1 saturated heterocycles. The van der Waals surface area contributed by atoms with E-state index >= 15 is 0 Å². The zero-order valence-corrected chi connectivity index (χ0v) is 10.3. The molecule has 0 spiro atoms. The second kappa shape index (κ2) is 6.31. The van der Waals surface area contributed by atoms with Crippen molar-refractivity contribution in [2.45, 2.75) is 12.7 Å². The fraction of sp³-hybridized carbons (Fsp3) is 0.385. The molecule has 1 aliphatic rings. The molecule has 0 atom stereocenters. The van der Waals surface area contributed by atoms with Gasteiger partial charge in [-0.3, -0.25) is 4.79 Å². The standard InChI is InChI=1S/C13H15NO5/c15-12(14-6-5-11-18-7-8-19-11)9-1-3-10(4-2-9)13(16)17/h1-4,11H,5-8H2,(H,14,15)(H,16,17). The van der Waals surface area contributed by atoms with E-state index < -0.39 is 5.97 Å². The third-order valence-corrected chi connectivity index (χ3v) is 2.75. The summed E-state index contributed by atoms with van der Waals surface area (Å²) < 4.78 is 10.5. The van der Waals surface area contributed by atoms with Crippen LogP contribution in [0, 0.1) is 0 Å². The van der Waals surface area contributed by atoms with E-state index in [0.29, 0.717) is 31.7 Å². The van der Waals surface area contributed by atoms with Gasteiger partial charge in [0.2, 0.25) is 0 Å². The van der Waals surface area contributed by atoms with Crippen LogP contribution in [0.15, 0.2) is 24.3 Å². The largest absolute Gasteiger partial charge is 0.478 e. The lowest BCUT2D eigenvalue weighted by atomic mass is 10.1. The maximum atomic E-state index is 11.8. The van der Waals surface area contributed by atoms with Gasteiger partial charge in [-0.05, 0) is 24.3 Å². The van der Waals surface area contributed by atoms with Crippen molar-refractivity contribution in [3.63, 3.8) is 0 Å². The average Bonchev–Trinajstić information content (AvgIpc) is 2.92. The number of hydrogen-bond acceptors (Lipinski definition) is 4. The summed E-state index contributed by atoms with van der Waals surface area (Å²) in [5.74, 6) is -1.25. The van der Waals surface area contributed by atoms with Gasteiger partial charge in [0.05, 0.1) is 18.8 Å². The fourth-order valence-electron chi connectivity index (χ4n) is 1.74. The van der Waals surface area contributed by atoms with Crippen molar-refractivity contribution in [2.75, 3.05) is 19.8 Å². The number of rotatable bonds is 5. The van der Waals surface area contributed by atoms with Gasteiger partial charge in [-0.1, -0.05) is 0 Å². The molecule has 0 radical (unpaired) electrons. The van der Waals surface area contributed by atoms with Crippen LogP contribution in [-0.2, 0) is 9.47 Å². The number of ether oxygens (including phenoxy) is 2. The second-order valence-electron chi connectivity index (χ2n) is 4.10. The molecular weight excluding hydrogens is 250 g/mol. The summed E-state index contributed by atoms with van der Waals surface area (Å²) >= 11 is 0. The first-order chi connectivity index (χ1) is 9.16. The Morgan fingerprint density at radius 2 is 1.74 bits per heavy atom. The summed E-state index contributed by atoms with van der Waals surface area (Å²) in [6, 6.07) is 5.78. The van der Waals surface area contributed by atoms with E-state index in [2.05, 4.69) is 5.32 Å². The van der Waals surface area contributed by atoms with Crippen LogP contribution in [0.5, 0.6) is 0 Å². The van der Waals surface area contributed by atoms with Crippen LogP contribution in [0.3, 0.4) is 0 Å². The number of carbonyl (C=O) groups excluding carboxylic acids is 1. The second-order valence-corrected chi connectivity index (χ2v) is 4.10. The molecule has 102 valence electrons. The Hall–Kier alpha value is -1.92. The highest BCUT2D eigenvalue weighted by molar-refractivity contribution is 5.95. The van der Waals surface area contributed by atoms with Crippen molar-refractivity contribution < 1.29 is 24.2 Å². The predicted molar refractivity (Wildman–Crippen MR) is 66.0 cm³/mol. The molecule has 6 nitrogen and oxygen atoms in total. The Morgan fingerprint density at radius 1 is 1.16 bits per heavy atom. The Bertz CT molecular complexity index is 451. The van der Waals surface area contributed by atoms with Crippen LogP contribution < -0.4 is 5.32 Å². The van der Waals surface area contributed by atoms with Crippen LogP contribution in [0.25, 0.3) is 0 Å². The molecule has 6 heteroatoms. The van der Waals surface area contributed by atoms with Gasteiger partial charge in [0.1, 0.15) is 0 Å². The molecule has 19 heavy (non-hydrogen) atoms. The first-order valence-electron chi connectivity index (χ1n) is 6.01. The zero-order valence-electron chi connectivity index (χ0n) is 10.3. The number of benzene rings is 1. The minimum atomic E-state index is -1.01. The summed E-state index contributed by atoms with van der Waals surface area (Å²) in [6.07, 6.45) is 0.355. The molecule has 1 aromatic carbocycles. The topological polar surface area (TPSA) is 84.9 Å². The summed E-state index contributed by atoms with van der Waals surface area (Å²) in [5, 5.41) is 11.5. The van der Waals surface area contributed by atoms with Gasteiger partial charge in [-0.2, -0.15) is 0 Å². The van der Waals surface area contributed by atoms with E-state index in [1.807, 2.05) is 0 Å². The van der Waals surface area contributed by atoms with Gasteiger partial charge in [0.25, 0.3) is 5.91 Å². The third-order valence-electron chi connectivity index (χ3n) is 2.75. The van der Waals surface area contributed by atoms with E-state index in [0.717, 1.165) is 0 Å². The number of carbonyl (C=O) groups is 2. The lowest BCUT2D eigenvalue weighted by molar-refractivity contribution is -0.0455. The summed E-state index contributed by atoms with van der Waals surface area (Å²) in [4.78, 5) is 22.4. The van der Waals surface area contributed by atoms with Gasteiger partial charge in [0.15, 0.2) is 6.29 Å². The van der Waals surface area contributed by atoms with Crippen molar-refractivity contribution in [3.8, 4) is 0 Å². The van der Waals surface area contributed by atoms with E-state index in [-0.39, 0.29) is 17.8 Å². The van der Waals surface area contributed by atoms with Crippen LogP contribution in [-0.4, -0.2) is 43.0 Å². The fourth-order valence-corrected chi connectivity index (χ4v) is 1.74. The van der Waals surface area contributed by atoms with Gasteiger partial charge in [-0.15, -0.1) is 0 Å². The van der Waals surface area contributed by atoms with E-state index in [1.165, 1.54) is 24.3 Å². The van der Waals surface area contributed by atoms with Crippen molar-refractivity contribution in [1.82, 2.24) is 5.32 Å². The number of carboxylic acids is 1. The maximum Gasteiger partial charge on any atom is 0.335 e. The summed E-state index contributed by atoms with van der Waals surface area (Å²) in [5.41, 5.74) is 0.586. The SMILES string of the molecule is O=C(O)c1ccc(C(=O)NCCC2OCCO2)cc1. The summed E-state index contributed by atoms with van der Waals surface area (Å²) in [6.45, 7) is 1.63. The molecule has 1 amide bonds. The number of amides is 1. The van der Waals surface area contributed by atoms with Crippen LogP contribution in [0.4, 0.5) is 0 Å². The maximum absolute atomic E-state index is 11.8. The average molecular weight is 265 g/mol. The van der Waals surface area contributed by atoms with Gasteiger partial charge < -0.3 is 19.9 Å². The molecule has 1 heterocycles. The minimum absolute atomic E-state index is 0.157. The molecule has 2 rings (SSSR count). The predicted octanol–water partition coefficient (Wildman–Crippen LogP) is 0.878. The number of hydrogen-bond donors (Lipinski definition) is 2. The molecule has 1 fully saturated rings. The molecule has 1 aliphatic heterocycles. The Labute approximate surface area is 110 Å². The van der Waals surface area contributed by atoms with Gasteiger partial charge in [0, 0.05) is 18.5 Å². The highest BCUT2D eigenvalue weighted by Gasteiger charge is 2.15. The smallest absolute Gasteiger partial charge is 0.335 e. The number of nitrogens with one attached hydrogen (secondary N) is 1. The lowest BCUT2D eigenvalue weighted by Gasteiger charge is -2.09. The van der Waals surface area contributed by atoms with Crippen molar-refractivity contribution in [1.29, 1.82) is 0 Å². The quantitative estimate of drug-likeness (QED) is 0.825. The normalized spacial score (nSPS) is 15.4. The van der Waals surface area contributed by atoms with Crippen LogP contribution in [0.2, 0.25) is 0 Å². The lowest BCUT2D eigenvalue weighted by Crippen LogP contribution is -2.27.